The number of aromatic nitrogens is 3. The van der Waals surface area contributed by atoms with Crippen molar-refractivity contribution in [3.8, 4) is 0 Å². The third kappa shape index (κ3) is 2.80. The Morgan fingerprint density at radius 2 is 2.40 bits per heavy atom. The molecule has 0 saturated heterocycles. The van der Waals surface area contributed by atoms with Crippen molar-refractivity contribution >= 4 is 28.9 Å². The summed E-state index contributed by atoms with van der Waals surface area (Å²) in [5.74, 6) is 0.0133. The first-order chi connectivity index (χ1) is 9.65. The highest BCUT2D eigenvalue weighted by Gasteiger charge is 2.26. The van der Waals surface area contributed by atoms with Gasteiger partial charge in [-0.15, -0.1) is 0 Å². The maximum absolute atomic E-state index is 10.8. The summed E-state index contributed by atoms with van der Waals surface area (Å²) in [7, 11) is 0. The van der Waals surface area contributed by atoms with Gasteiger partial charge in [-0.1, -0.05) is 24.6 Å². The first-order valence-electron chi connectivity index (χ1n) is 6.82. The maximum atomic E-state index is 10.8. The van der Waals surface area contributed by atoms with Crippen LogP contribution in [0, 0.1) is 5.92 Å². The normalized spacial score (nSPS) is 16.4. The standard InChI is InChI=1S/C14H17N3O2S/c1-9(7-10-4-5-10)17-13-11(3-2-6-15-13)16-14(17)20-8-12(18)19/h2-3,6,9-10H,4-5,7-8H2,1H3,(H,18,19). The van der Waals surface area contributed by atoms with Crippen LogP contribution in [0.15, 0.2) is 23.5 Å². The lowest BCUT2D eigenvalue weighted by Crippen LogP contribution is -2.09. The van der Waals surface area contributed by atoms with Crippen molar-refractivity contribution in [2.45, 2.75) is 37.4 Å². The van der Waals surface area contributed by atoms with E-state index in [2.05, 4.69) is 21.5 Å². The molecule has 0 amide bonds. The van der Waals surface area contributed by atoms with Crippen molar-refractivity contribution in [3.63, 3.8) is 0 Å². The molecular weight excluding hydrogens is 274 g/mol. The molecule has 1 N–H and O–H groups in total. The molecule has 20 heavy (non-hydrogen) atoms. The molecule has 5 nitrogen and oxygen atoms in total. The minimum Gasteiger partial charge on any atom is -0.481 e. The second kappa shape index (κ2) is 5.44. The number of aliphatic carboxylic acids is 1. The number of carboxylic acid groups (broad SMARTS) is 1. The number of carbonyl (C=O) groups is 1. The summed E-state index contributed by atoms with van der Waals surface area (Å²) in [4.78, 5) is 19.7. The van der Waals surface area contributed by atoms with Gasteiger partial charge in [0.05, 0.1) is 5.75 Å². The molecule has 2 aromatic heterocycles. The van der Waals surface area contributed by atoms with Crippen molar-refractivity contribution in [3.05, 3.63) is 18.3 Å². The zero-order valence-electron chi connectivity index (χ0n) is 11.3. The van der Waals surface area contributed by atoms with Gasteiger partial charge in [-0.05, 0) is 31.4 Å². The van der Waals surface area contributed by atoms with Gasteiger partial charge in [-0.25, -0.2) is 9.97 Å². The summed E-state index contributed by atoms with van der Waals surface area (Å²) < 4.78 is 2.10. The van der Waals surface area contributed by atoms with Gasteiger partial charge < -0.3 is 9.67 Å². The molecule has 0 bridgehead atoms. The van der Waals surface area contributed by atoms with Gasteiger partial charge >= 0.3 is 5.97 Å². The molecule has 0 aromatic carbocycles. The third-order valence-corrected chi connectivity index (χ3v) is 4.49. The van der Waals surface area contributed by atoms with Crippen molar-refractivity contribution in [2.75, 3.05) is 5.75 Å². The van der Waals surface area contributed by atoms with E-state index in [1.54, 1.807) is 6.20 Å². The molecule has 1 atom stereocenters. The number of nitrogens with zero attached hydrogens (tertiary/aromatic N) is 3. The molecule has 1 fully saturated rings. The minimum absolute atomic E-state index is 0.0273. The summed E-state index contributed by atoms with van der Waals surface area (Å²) in [6.07, 6.45) is 5.49. The summed E-state index contributed by atoms with van der Waals surface area (Å²) in [5.41, 5.74) is 1.69. The summed E-state index contributed by atoms with van der Waals surface area (Å²) in [6.45, 7) is 2.17. The van der Waals surface area contributed by atoms with Crippen LogP contribution in [0.2, 0.25) is 0 Å². The van der Waals surface area contributed by atoms with Crippen molar-refractivity contribution in [1.82, 2.24) is 14.5 Å². The smallest absolute Gasteiger partial charge is 0.313 e. The molecule has 1 saturated carbocycles. The lowest BCUT2D eigenvalue weighted by atomic mass is 10.1. The molecule has 1 aliphatic rings. The Morgan fingerprint density at radius 3 is 3.10 bits per heavy atom. The molecule has 1 aliphatic carbocycles. The SMILES string of the molecule is CC(CC1CC1)n1c(SCC(=O)O)nc2cccnc21. The van der Waals surface area contributed by atoms with Crippen LogP contribution in [0.4, 0.5) is 0 Å². The largest absolute Gasteiger partial charge is 0.481 e. The highest BCUT2D eigenvalue weighted by molar-refractivity contribution is 7.99. The Labute approximate surface area is 121 Å². The van der Waals surface area contributed by atoms with E-state index in [4.69, 9.17) is 5.11 Å². The van der Waals surface area contributed by atoms with Crippen LogP contribution in [-0.2, 0) is 4.79 Å². The predicted octanol–water partition coefficient (Wildman–Crippen LogP) is 2.97. The quantitative estimate of drug-likeness (QED) is 0.829. The topological polar surface area (TPSA) is 68.0 Å². The molecular formula is C14H17N3O2S. The van der Waals surface area contributed by atoms with Gasteiger partial charge in [-0.2, -0.15) is 0 Å². The van der Waals surface area contributed by atoms with E-state index in [1.807, 2.05) is 12.1 Å². The fourth-order valence-electron chi connectivity index (χ4n) is 2.48. The van der Waals surface area contributed by atoms with Gasteiger partial charge in [0.25, 0.3) is 0 Å². The Balaban J connectivity index is 1.95. The van der Waals surface area contributed by atoms with E-state index in [0.717, 1.165) is 28.7 Å². The van der Waals surface area contributed by atoms with Crippen LogP contribution in [0.5, 0.6) is 0 Å². The van der Waals surface area contributed by atoms with E-state index in [9.17, 15) is 4.79 Å². The lowest BCUT2D eigenvalue weighted by molar-refractivity contribution is -0.133. The van der Waals surface area contributed by atoms with Crippen LogP contribution >= 0.6 is 11.8 Å². The van der Waals surface area contributed by atoms with Crippen LogP contribution in [0.3, 0.4) is 0 Å². The molecule has 2 heterocycles. The van der Waals surface area contributed by atoms with Crippen LogP contribution in [0.1, 0.15) is 32.2 Å². The Hall–Kier alpha value is -1.56. The van der Waals surface area contributed by atoms with Gasteiger partial charge in [0.2, 0.25) is 0 Å². The van der Waals surface area contributed by atoms with Gasteiger partial charge in [0, 0.05) is 12.2 Å². The monoisotopic (exact) mass is 291 g/mol. The number of hydrogen-bond acceptors (Lipinski definition) is 4. The fourth-order valence-corrected chi connectivity index (χ4v) is 3.30. The van der Waals surface area contributed by atoms with Crippen LogP contribution in [0.25, 0.3) is 11.2 Å². The Morgan fingerprint density at radius 1 is 1.60 bits per heavy atom. The van der Waals surface area contributed by atoms with Crippen LogP contribution in [-0.4, -0.2) is 31.4 Å². The Bertz CT molecular complexity index is 636. The average Bonchev–Trinajstić information content (AvgIpc) is 3.14. The zero-order valence-corrected chi connectivity index (χ0v) is 12.1. The minimum atomic E-state index is -0.823. The number of carboxylic acids is 1. The molecule has 0 spiro atoms. The number of hydrogen-bond donors (Lipinski definition) is 1. The lowest BCUT2D eigenvalue weighted by Gasteiger charge is -2.16. The molecule has 106 valence electrons. The number of rotatable bonds is 6. The summed E-state index contributed by atoms with van der Waals surface area (Å²) >= 11 is 1.27. The van der Waals surface area contributed by atoms with Gasteiger partial charge in [0.1, 0.15) is 5.52 Å². The van der Waals surface area contributed by atoms with Gasteiger partial charge in [0.15, 0.2) is 10.8 Å². The Kier molecular flexibility index (Phi) is 3.65. The van der Waals surface area contributed by atoms with Gasteiger partial charge in [-0.3, -0.25) is 4.79 Å². The van der Waals surface area contributed by atoms with E-state index in [-0.39, 0.29) is 5.75 Å². The molecule has 0 radical (unpaired) electrons. The number of pyridine rings is 1. The fraction of sp³-hybridized carbons (Fsp3) is 0.500. The first-order valence-corrected chi connectivity index (χ1v) is 7.81. The van der Waals surface area contributed by atoms with E-state index in [0.29, 0.717) is 6.04 Å². The molecule has 6 heteroatoms. The summed E-state index contributed by atoms with van der Waals surface area (Å²) in [6, 6.07) is 4.09. The molecule has 2 aromatic rings. The second-order valence-corrected chi connectivity index (χ2v) is 6.26. The third-order valence-electron chi connectivity index (χ3n) is 3.55. The van der Waals surface area contributed by atoms with Crippen molar-refractivity contribution in [2.24, 2.45) is 5.92 Å². The second-order valence-electron chi connectivity index (χ2n) is 5.32. The highest BCUT2D eigenvalue weighted by atomic mass is 32.2. The maximum Gasteiger partial charge on any atom is 0.313 e. The van der Waals surface area contributed by atoms with Crippen LogP contribution < -0.4 is 0 Å². The average molecular weight is 291 g/mol. The number of thioether (sulfide) groups is 1. The summed E-state index contributed by atoms with van der Waals surface area (Å²) in [5, 5.41) is 9.62. The van der Waals surface area contributed by atoms with Crippen molar-refractivity contribution < 1.29 is 9.90 Å². The first kappa shape index (κ1) is 13.4. The number of fused-ring (bicyclic) bond motifs is 1. The number of imidazole rings is 1. The molecule has 3 rings (SSSR count). The zero-order chi connectivity index (χ0) is 14.1. The highest BCUT2D eigenvalue weighted by Crippen LogP contribution is 2.38. The molecule has 0 aliphatic heterocycles. The van der Waals surface area contributed by atoms with E-state index >= 15 is 0 Å². The predicted molar refractivity (Wildman–Crippen MR) is 77.9 cm³/mol. The van der Waals surface area contributed by atoms with E-state index in [1.165, 1.54) is 24.6 Å². The molecule has 1 unspecified atom stereocenters. The van der Waals surface area contributed by atoms with Crippen molar-refractivity contribution in [1.29, 1.82) is 0 Å². The van der Waals surface area contributed by atoms with E-state index < -0.39 is 5.97 Å².